The monoisotopic (exact) mass is 255 g/mol. The van der Waals surface area contributed by atoms with Crippen LogP contribution in [0.25, 0.3) is 0 Å². The molecular weight excluding hydrogens is 238 g/mol. The molecule has 0 aliphatic heterocycles. The van der Waals surface area contributed by atoms with Gasteiger partial charge in [0.25, 0.3) is 0 Å². The molecule has 3 fully saturated rings. The number of hydrogen-bond donors (Lipinski definition) is 1. The van der Waals surface area contributed by atoms with Crippen LogP contribution in [0.5, 0.6) is 0 Å². The van der Waals surface area contributed by atoms with Crippen LogP contribution in [0.2, 0.25) is 0 Å². The SMILES string of the molecule is N#Cc1ccc(C23CCC(C(=O)O)(CC2)CC3)cc1. The third-order valence-corrected chi connectivity index (χ3v) is 5.33. The predicted molar refractivity (Wildman–Crippen MR) is 70.6 cm³/mol. The van der Waals surface area contributed by atoms with E-state index in [1.807, 2.05) is 12.1 Å². The molecule has 3 nitrogen and oxygen atoms in total. The average Bonchev–Trinajstić information content (AvgIpc) is 2.49. The van der Waals surface area contributed by atoms with Crippen LogP contribution >= 0.6 is 0 Å². The fraction of sp³-hybridized carbons (Fsp3) is 0.500. The van der Waals surface area contributed by atoms with Crippen LogP contribution in [0.4, 0.5) is 0 Å². The summed E-state index contributed by atoms with van der Waals surface area (Å²) in [6.45, 7) is 0. The van der Waals surface area contributed by atoms with Gasteiger partial charge < -0.3 is 5.11 Å². The van der Waals surface area contributed by atoms with E-state index in [-0.39, 0.29) is 5.41 Å². The van der Waals surface area contributed by atoms with Gasteiger partial charge in [0.1, 0.15) is 0 Å². The third-order valence-electron chi connectivity index (χ3n) is 5.33. The second kappa shape index (κ2) is 4.09. The van der Waals surface area contributed by atoms with E-state index in [0.29, 0.717) is 5.56 Å². The van der Waals surface area contributed by atoms with Gasteiger partial charge in [0.05, 0.1) is 17.0 Å². The van der Waals surface area contributed by atoms with E-state index in [9.17, 15) is 9.90 Å². The molecule has 3 heteroatoms. The highest BCUT2D eigenvalue weighted by Crippen LogP contribution is 2.57. The van der Waals surface area contributed by atoms with Crippen molar-refractivity contribution in [2.45, 2.75) is 43.9 Å². The Morgan fingerprint density at radius 3 is 2.00 bits per heavy atom. The Morgan fingerprint density at radius 2 is 1.58 bits per heavy atom. The maximum atomic E-state index is 11.4. The van der Waals surface area contributed by atoms with E-state index in [1.165, 1.54) is 5.56 Å². The average molecular weight is 255 g/mol. The highest BCUT2D eigenvalue weighted by molar-refractivity contribution is 5.75. The molecule has 0 aromatic heterocycles. The lowest BCUT2D eigenvalue weighted by atomic mass is 9.52. The highest BCUT2D eigenvalue weighted by Gasteiger charge is 2.52. The summed E-state index contributed by atoms with van der Waals surface area (Å²) >= 11 is 0. The van der Waals surface area contributed by atoms with Crippen molar-refractivity contribution < 1.29 is 9.90 Å². The second-order valence-corrected chi connectivity index (χ2v) is 6.05. The van der Waals surface area contributed by atoms with E-state index < -0.39 is 11.4 Å². The molecule has 0 radical (unpaired) electrons. The summed E-state index contributed by atoms with van der Waals surface area (Å²) in [6.07, 6.45) is 5.27. The summed E-state index contributed by atoms with van der Waals surface area (Å²) in [5.74, 6) is -0.611. The molecule has 0 saturated heterocycles. The molecule has 3 saturated carbocycles. The van der Waals surface area contributed by atoms with Crippen LogP contribution in [0.3, 0.4) is 0 Å². The Bertz CT molecular complexity index is 529. The second-order valence-electron chi connectivity index (χ2n) is 6.05. The maximum Gasteiger partial charge on any atom is 0.309 e. The van der Waals surface area contributed by atoms with Crippen LogP contribution < -0.4 is 0 Å². The summed E-state index contributed by atoms with van der Waals surface area (Å²) < 4.78 is 0. The van der Waals surface area contributed by atoms with Gasteiger partial charge in [0.15, 0.2) is 0 Å². The van der Waals surface area contributed by atoms with E-state index in [2.05, 4.69) is 18.2 Å². The van der Waals surface area contributed by atoms with Crippen molar-refractivity contribution in [3.63, 3.8) is 0 Å². The lowest BCUT2D eigenvalue weighted by molar-refractivity contribution is -0.156. The van der Waals surface area contributed by atoms with Crippen LogP contribution in [0, 0.1) is 16.7 Å². The molecule has 4 rings (SSSR count). The molecule has 0 amide bonds. The Morgan fingerprint density at radius 1 is 1.05 bits per heavy atom. The summed E-state index contributed by atoms with van der Waals surface area (Å²) in [4.78, 5) is 11.4. The van der Waals surface area contributed by atoms with Crippen LogP contribution in [-0.4, -0.2) is 11.1 Å². The maximum absolute atomic E-state index is 11.4. The van der Waals surface area contributed by atoms with Gasteiger partial charge in [0, 0.05) is 0 Å². The molecule has 0 heterocycles. The van der Waals surface area contributed by atoms with Gasteiger partial charge in [0.2, 0.25) is 0 Å². The molecule has 2 bridgehead atoms. The summed E-state index contributed by atoms with van der Waals surface area (Å²) in [5, 5.41) is 18.2. The quantitative estimate of drug-likeness (QED) is 0.882. The van der Waals surface area contributed by atoms with Gasteiger partial charge in [-0.25, -0.2) is 0 Å². The number of aliphatic carboxylic acids is 1. The summed E-state index contributed by atoms with van der Waals surface area (Å²) in [7, 11) is 0. The molecule has 0 atom stereocenters. The standard InChI is InChI=1S/C16H17NO2/c17-11-12-1-3-13(4-2-12)15-5-8-16(9-6-15,10-7-15)14(18)19/h1-4H,5-10H2,(H,18,19). The number of nitriles is 1. The number of fused-ring (bicyclic) bond motifs is 3. The number of rotatable bonds is 2. The van der Waals surface area contributed by atoms with Crippen LogP contribution in [-0.2, 0) is 10.2 Å². The minimum absolute atomic E-state index is 0.158. The minimum Gasteiger partial charge on any atom is -0.481 e. The summed E-state index contributed by atoms with van der Waals surface area (Å²) in [5.41, 5.74) is 1.68. The van der Waals surface area contributed by atoms with Gasteiger partial charge in [-0.2, -0.15) is 5.26 Å². The first-order chi connectivity index (χ1) is 9.10. The number of benzene rings is 1. The molecule has 1 aromatic carbocycles. The van der Waals surface area contributed by atoms with Gasteiger partial charge in [-0.3, -0.25) is 4.79 Å². The molecule has 98 valence electrons. The lowest BCUT2D eigenvalue weighted by Gasteiger charge is -2.51. The molecule has 3 aliphatic carbocycles. The first-order valence-corrected chi connectivity index (χ1v) is 6.84. The zero-order valence-corrected chi connectivity index (χ0v) is 10.9. The minimum atomic E-state index is -0.611. The first kappa shape index (κ1) is 12.2. The van der Waals surface area contributed by atoms with Crippen LogP contribution in [0.1, 0.15) is 49.7 Å². The summed E-state index contributed by atoms with van der Waals surface area (Å²) in [6, 6.07) is 9.99. The Kier molecular flexibility index (Phi) is 2.63. The Balaban J connectivity index is 1.87. The van der Waals surface area contributed by atoms with Gasteiger partial charge in [-0.1, -0.05) is 12.1 Å². The molecular formula is C16H17NO2. The van der Waals surface area contributed by atoms with Crippen molar-refractivity contribution in [2.75, 3.05) is 0 Å². The largest absolute Gasteiger partial charge is 0.481 e. The van der Waals surface area contributed by atoms with Crippen molar-refractivity contribution in [2.24, 2.45) is 5.41 Å². The fourth-order valence-electron chi connectivity index (χ4n) is 3.84. The van der Waals surface area contributed by atoms with Crippen molar-refractivity contribution in [3.05, 3.63) is 35.4 Å². The van der Waals surface area contributed by atoms with Crippen molar-refractivity contribution in [3.8, 4) is 6.07 Å². The van der Waals surface area contributed by atoms with E-state index in [4.69, 9.17) is 5.26 Å². The van der Waals surface area contributed by atoms with Crippen LogP contribution in [0.15, 0.2) is 24.3 Å². The van der Waals surface area contributed by atoms with E-state index >= 15 is 0 Å². The predicted octanol–water partition coefficient (Wildman–Crippen LogP) is 3.23. The molecule has 1 N–H and O–H groups in total. The zero-order chi connectivity index (χ0) is 13.5. The highest BCUT2D eigenvalue weighted by atomic mass is 16.4. The van der Waals surface area contributed by atoms with Gasteiger partial charge >= 0.3 is 5.97 Å². The normalized spacial score (nSPS) is 32.8. The number of carboxylic acids is 1. The third kappa shape index (κ3) is 1.74. The lowest BCUT2D eigenvalue weighted by Crippen LogP contribution is -2.47. The Hall–Kier alpha value is -1.82. The first-order valence-electron chi connectivity index (χ1n) is 6.84. The fourth-order valence-corrected chi connectivity index (χ4v) is 3.84. The van der Waals surface area contributed by atoms with Gasteiger partial charge in [-0.15, -0.1) is 0 Å². The number of nitrogens with zero attached hydrogens (tertiary/aromatic N) is 1. The molecule has 3 aliphatic rings. The number of hydrogen-bond acceptors (Lipinski definition) is 2. The number of carboxylic acid groups (broad SMARTS) is 1. The topological polar surface area (TPSA) is 61.1 Å². The van der Waals surface area contributed by atoms with Gasteiger partial charge in [-0.05, 0) is 61.6 Å². The molecule has 1 aromatic rings. The molecule has 19 heavy (non-hydrogen) atoms. The molecule has 0 spiro atoms. The Labute approximate surface area is 112 Å². The van der Waals surface area contributed by atoms with E-state index in [1.54, 1.807) is 0 Å². The van der Waals surface area contributed by atoms with Crippen molar-refractivity contribution in [1.29, 1.82) is 5.26 Å². The van der Waals surface area contributed by atoms with Crippen molar-refractivity contribution in [1.82, 2.24) is 0 Å². The van der Waals surface area contributed by atoms with Crippen molar-refractivity contribution >= 4 is 5.97 Å². The zero-order valence-electron chi connectivity index (χ0n) is 10.9. The molecule has 0 unspecified atom stereocenters. The smallest absolute Gasteiger partial charge is 0.309 e. The van der Waals surface area contributed by atoms with E-state index in [0.717, 1.165) is 38.5 Å². The number of carbonyl (C=O) groups is 1.